The van der Waals surface area contributed by atoms with Gasteiger partial charge in [0.05, 0.1) is 11.1 Å². The fraction of sp³-hybridized carbons (Fsp3) is 0.194. The van der Waals surface area contributed by atoms with Crippen molar-refractivity contribution in [3.8, 4) is 28.0 Å². The first kappa shape index (κ1) is 34.7. The molecule has 46 heavy (non-hydrogen) atoms. The van der Waals surface area contributed by atoms with E-state index in [0.717, 1.165) is 16.7 Å². The van der Waals surface area contributed by atoms with Gasteiger partial charge in [0, 0.05) is 16.7 Å². The number of benzene rings is 3. The molecule has 3 rings (SSSR count). The molecular weight excluding hydrogens is 592 g/mol. The average molecular weight is 627 g/mol. The molecule has 0 saturated carbocycles. The second kappa shape index (κ2) is 16.3. The highest BCUT2D eigenvalue weighted by Gasteiger charge is 2.21. The molecule has 0 unspecified atom stereocenters. The van der Waals surface area contributed by atoms with Crippen LogP contribution in [0.5, 0.6) is 5.75 Å². The van der Waals surface area contributed by atoms with Crippen LogP contribution in [0, 0.1) is 0 Å². The van der Waals surface area contributed by atoms with Crippen molar-refractivity contribution in [2.24, 2.45) is 0 Å². The number of ether oxygens (including phenoxy) is 5. The zero-order valence-corrected chi connectivity index (χ0v) is 25.9. The van der Waals surface area contributed by atoms with Gasteiger partial charge < -0.3 is 23.7 Å². The molecule has 0 spiro atoms. The monoisotopic (exact) mass is 626 g/mol. The number of rotatable bonds is 14. The maximum atomic E-state index is 13.1. The van der Waals surface area contributed by atoms with Crippen molar-refractivity contribution in [2.45, 2.75) is 20.8 Å². The predicted molar refractivity (Wildman–Crippen MR) is 170 cm³/mol. The minimum absolute atomic E-state index is 0.0667. The number of carbonyl (C=O) groups excluding carboxylic acids is 5. The number of hydrogen-bond acceptors (Lipinski definition) is 10. The zero-order chi connectivity index (χ0) is 33.8. The number of esters is 5. The fourth-order valence-electron chi connectivity index (χ4n) is 3.77. The maximum Gasteiger partial charge on any atom is 0.339 e. The summed E-state index contributed by atoms with van der Waals surface area (Å²) in [4.78, 5) is 61.0. The van der Waals surface area contributed by atoms with Gasteiger partial charge in [-0.25, -0.2) is 24.0 Å². The molecule has 0 fully saturated rings. The Morgan fingerprint density at radius 1 is 0.478 bits per heavy atom. The minimum Gasteiger partial charge on any atom is -0.459 e. The van der Waals surface area contributed by atoms with Gasteiger partial charge in [0.25, 0.3) is 0 Å². The van der Waals surface area contributed by atoms with Crippen LogP contribution in [0.25, 0.3) is 22.3 Å². The molecule has 3 aromatic carbocycles. The van der Waals surface area contributed by atoms with E-state index in [1.165, 1.54) is 26.0 Å². The Hall–Kier alpha value is -5.77. The van der Waals surface area contributed by atoms with Crippen LogP contribution in [0.15, 0.2) is 103 Å². The third-order valence-corrected chi connectivity index (χ3v) is 6.22. The Morgan fingerprint density at radius 3 is 1.30 bits per heavy atom. The summed E-state index contributed by atoms with van der Waals surface area (Å²) in [6.45, 7) is 14.2. The normalized spacial score (nSPS) is 10.2. The first-order valence-electron chi connectivity index (χ1n) is 14.1. The molecule has 0 radical (unpaired) electrons. The second-order valence-electron chi connectivity index (χ2n) is 10.1. The molecule has 0 atom stereocenters. The van der Waals surface area contributed by atoms with Crippen LogP contribution in [0.2, 0.25) is 0 Å². The average Bonchev–Trinajstić information content (AvgIpc) is 3.04. The fourth-order valence-corrected chi connectivity index (χ4v) is 3.77. The summed E-state index contributed by atoms with van der Waals surface area (Å²) in [5.74, 6) is -3.02. The van der Waals surface area contributed by atoms with Crippen molar-refractivity contribution in [3.63, 3.8) is 0 Å². The Kier molecular flexibility index (Phi) is 12.3. The second-order valence-corrected chi connectivity index (χ2v) is 10.1. The largest absolute Gasteiger partial charge is 0.459 e. The van der Waals surface area contributed by atoms with Crippen LogP contribution in [-0.4, -0.2) is 56.3 Å². The predicted octanol–water partition coefficient (Wildman–Crippen LogP) is 6.05. The van der Waals surface area contributed by atoms with Gasteiger partial charge in [-0.05, 0) is 67.3 Å². The SMILES string of the molecule is C=C(C)C(=O)OCCOC(=O)c1ccc(-c2ccc(-c3ccc(OC(=O)C(=C)C)cc3)cc2)cc1C(=O)OCCOC(=O)C(=C)C. The summed E-state index contributed by atoms with van der Waals surface area (Å²) in [5.41, 5.74) is 3.68. The first-order valence-corrected chi connectivity index (χ1v) is 14.1. The topological polar surface area (TPSA) is 132 Å². The molecule has 0 heterocycles. The molecule has 0 aromatic heterocycles. The molecule has 0 aliphatic rings. The van der Waals surface area contributed by atoms with Gasteiger partial charge in [-0.15, -0.1) is 0 Å². The van der Waals surface area contributed by atoms with Gasteiger partial charge in [-0.1, -0.05) is 62.2 Å². The number of carbonyl (C=O) groups is 5. The molecule has 3 aromatic rings. The minimum atomic E-state index is -0.835. The van der Waals surface area contributed by atoms with Crippen LogP contribution >= 0.6 is 0 Å². The van der Waals surface area contributed by atoms with E-state index in [1.54, 1.807) is 25.1 Å². The summed E-state index contributed by atoms with van der Waals surface area (Å²) in [6, 6.07) is 19.1. The lowest BCUT2D eigenvalue weighted by Crippen LogP contribution is -2.19. The molecule has 0 bridgehead atoms. The summed E-state index contributed by atoms with van der Waals surface area (Å²) >= 11 is 0. The lowest BCUT2D eigenvalue weighted by Gasteiger charge is -2.13. The van der Waals surface area contributed by atoms with E-state index >= 15 is 0 Å². The quantitative estimate of drug-likeness (QED) is 0.0685. The van der Waals surface area contributed by atoms with Crippen LogP contribution in [-0.2, 0) is 33.3 Å². The van der Waals surface area contributed by atoms with E-state index in [-0.39, 0.29) is 48.7 Å². The summed E-state index contributed by atoms with van der Waals surface area (Å²) < 4.78 is 25.6. The van der Waals surface area contributed by atoms with Gasteiger partial charge in [0.2, 0.25) is 0 Å². The highest BCUT2D eigenvalue weighted by atomic mass is 16.6. The molecule has 10 nitrogen and oxygen atoms in total. The van der Waals surface area contributed by atoms with Crippen LogP contribution in [0.1, 0.15) is 41.5 Å². The maximum absolute atomic E-state index is 13.1. The van der Waals surface area contributed by atoms with E-state index in [4.69, 9.17) is 23.7 Å². The van der Waals surface area contributed by atoms with Crippen molar-refractivity contribution < 1.29 is 47.7 Å². The van der Waals surface area contributed by atoms with Gasteiger partial charge in [0.15, 0.2) is 0 Å². The van der Waals surface area contributed by atoms with Crippen molar-refractivity contribution in [1.82, 2.24) is 0 Å². The van der Waals surface area contributed by atoms with Crippen LogP contribution < -0.4 is 4.74 Å². The van der Waals surface area contributed by atoms with Gasteiger partial charge in [0.1, 0.15) is 32.2 Å². The lowest BCUT2D eigenvalue weighted by molar-refractivity contribution is -0.140. The summed E-state index contributed by atoms with van der Waals surface area (Å²) in [5, 5.41) is 0. The smallest absolute Gasteiger partial charge is 0.339 e. The summed E-state index contributed by atoms with van der Waals surface area (Å²) in [6.07, 6.45) is 0. The molecule has 0 N–H and O–H groups in total. The third-order valence-electron chi connectivity index (χ3n) is 6.22. The molecular formula is C36H34O10. The van der Waals surface area contributed by atoms with Gasteiger partial charge in [-0.2, -0.15) is 0 Å². The Morgan fingerprint density at radius 2 is 0.848 bits per heavy atom. The zero-order valence-electron chi connectivity index (χ0n) is 25.9. The van der Waals surface area contributed by atoms with Crippen molar-refractivity contribution in [1.29, 1.82) is 0 Å². The van der Waals surface area contributed by atoms with E-state index in [0.29, 0.717) is 16.9 Å². The standard InChI is InChI=1S/C36H34O10/c1-22(2)32(37)42-17-19-44-35(40)30-16-13-28(21-31(30)36(41)45-20-18-43-33(38)23(3)4)27-9-7-25(8-10-27)26-11-14-29(15-12-26)46-34(39)24(5)6/h7-16,21H,1,3,5,17-20H2,2,4,6H3. The first-order chi connectivity index (χ1) is 21.9. The molecule has 238 valence electrons. The Labute approximate surface area is 266 Å². The molecule has 0 saturated heterocycles. The van der Waals surface area contributed by atoms with E-state index in [1.807, 2.05) is 36.4 Å². The highest BCUT2D eigenvalue weighted by molar-refractivity contribution is 6.04. The molecule has 0 amide bonds. The van der Waals surface area contributed by atoms with Crippen molar-refractivity contribution in [2.75, 3.05) is 26.4 Å². The van der Waals surface area contributed by atoms with Gasteiger partial charge >= 0.3 is 29.8 Å². The van der Waals surface area contributed by atoms with Crippen LogP contribution in [0.4, 0.5) is 0 Å². The summed E-state index contributed by atoms with van der Waals surface area (Å²) in [7, 11) is 0. The van der Waals surface area contributed by atoms with E-state index < -0.39 is 29.8 Å². The van der Waals surface area contributed by atoms with Crippen LogP contribution in [0.3, 0.4) is 0 Å². The molecule has 0 aliphatic carbocycles. The van der Waals surface area contributed by atoms with E-state index in [9.17, 15) is 24.0 Å². The molecule has 10 heteroatoms. The van der Waals surface area contributed by atoms with Crippen molar-refractivity contribution in [3.05, 3.63) is 114 Å². The van der Waals surface area contributed by atoms with Crippen molar-refractivity contribution >= 4 is 29.8 Å². The lowest BCUT2D eigenvalue weighted by atomic mass is 9.97. The number of hydrogen-bond donors (Lipinski definition) is 0. The Bertz CT molecular complexity index is 1660. The van der Waals surface area contributed by atoms with E-state index in [2.05, 4.69) is 19.7 Å². The highest BCUT2D eigenvalue weighted by Crippen LogP contribution is 2.28. The Balaban J connectivity index is 1.79. The third kappa shape index (κ3) is 9.88. The van der Waals surface area contributed by atoms with Gasteiger partial charge in [-0.3, -0.25) is 0 Å². The molecule has 0 aliphatic heterocycles.